The first kappa shape index (κ1) is 18.0. The van der Waals surface area contributed by atoms with Crippen LogP contribution in [0.4, 0.5) is 0 Å². The van der Waals surface area contributed by atoms with Crippen molar-refractivity contribution in [3.63, 3.8) is 0 Å². The van der Waals surface area contributed by atoms with Crippen molar-refractivity contribution in [1.82, 2.24) is 14.3 Å². The molecule has 138 valence electrons. The number of hydrogen-bond donors (Lipinski definition) is 2. The third-order valence-corrected chi connectivity index (χ3v) is 5.78. The van der Waals surface area contributed by atoms with E-state index in [1.165, 1.54) is 23.5 Å². The van der Waals surface area contributed by atoms with Gasteiger partial charge in [0.05, 0.1) is 23.0 Å². The molecule has 3 aromatic rings. The van der Waals surface area contributed by atoms with Gasteiger partial charge >= 0.3 is 5.69 Å². The van der Waals surface area contributed by atoms with Crippen molar-refractivity contribution >= 4 is 21.1 Å². The van der Waals surface area contributed by atoms with Gasteiger partial charge in [-0.3, -0.25) is 0 Å². The topological polar surface area (TPSA) is 104 Å². The minimum atomic E-state index is -3.69. The van der Waals surface area contributed by atoms with Crippen LogP contribution in [0.25, 0.3) is 11.0 Å². The summed E-state index contributed by atoms with van der Waals surface area (Å²) >= 11 is 0. The molecule has 0 aliphatic carbocycles. The highest BCUT2D eigenvalue weighted by Crippen LogP contribution is 2.19. The normalized spacial score (nSPS) is 11.8. The Labute approximate surface area is 150 Å². The van der Waals surface area contributed by atoms with Gasteiger partial charge in [0.1, 0.15) is 18.1 Å². The van der Waals surface area contributed by atoms with Crippen LogP contribution < -0.4 is 15.2 Å². The lowest BCUT2D eigenvalue weighted by atomic mass is 10.3. The van der Waals surface area contributed by atoms with Crippen molar-refractivity contribution in [3.8, 4) is 11.5 Å². The van der Waals surface area contributed by atoms with E-state index in [2.05, 4.69) is 9.97 Å². The molecule has 0 unspecified atom stereocenters. The summed E-state index contributed by atoms with van der Waals surface area (Å²) in [5.41, 5.74) is 0.620. The number of nitrogens with zero attached hydrogens (tertiary/aromatic N) is 1. The number of H-pyrrole nitrogens is 2. The molecule has 0 radical (unpaired) electrons. The highest BCUT2D eigenvalue weighted by molar-refractivity contribution is 7.89. The first-order valence-corrected chi connectivity index (χ1v) is 9.29. The number of imidazole rings is 1. The number of aromatic amines is 2. The number of fused-ring (bicyclic) bond motifs is 1. The van der Waals surface area contributed by atoms with Crippen LogP contribution in [0.2, 0.25) is 0 Å². The zero-order valence-corrected chi connectivity index (χ0v) is 15.2. The Bertz CT molecular complexity index is 1050. The minimum absolute atomic E-state index is 0.104. The Morgan fingerprint density at radius 2 is 1.65 bits per heavy atom. The van der Waals surface area contributed by atoms with Crippen LogP contribution in [0, 0.1) is 0 Å². The van der Waals surface area contributed by atoms with Gasteiger partial charge in [-0.15, -0.1) is 0 Å². The van der Waals surface area contributed by atoms with Crippen LogP contribution in [0.5, 0.6) is 11.5 Å². The minimum Gasteiger partial charge on any atom is -0.497 e. The number of hydrogen-bond acceptors (Lipinski definition) is 5. The fourth-order valence-corrected chi connectivity index (χ4v) is 3.62. The number of benzene rings is 2. The Balaban J connectivity index is 1.66. The molecule has 0 amide bonds. The number of methoxy groups -OCH3 is 1. The molecule has 0 fully saturated rings. The maximum atomic E-state index is 12.7. The highest BCUT2D eigenvalue weighted by atomic mass is 32.2. The maximum absolute atomic E-state index is 12.7. The van der Waals surface area contributed by atoms with Gasteiger partial charge < -0.3 is 19.4 Å². The zero-order valence-electron chi connectivity index (χ0n) is 14.4. The van der Waals surface area contributed by atoms with Crippen molar-refractivity contribution in [1.29, 1.82) is 0 Å². The molecule has 0 spiro atoms. The van der Waals surface area contributed by atoms with Crippen LogP contribution in [0.1, 0.15) is 0 Å². The van der Waals surface area contributed by atoms with Gasteiger partial charge in [0.15, 0.2) is 0 Å². The van der Waals surface area contributed by atoms with E-state index in [-0.39, 0.29) is 23.7 Å². The average Bonchev–Trinajstić information content (AvgIpc) is 3.01. The molecule has 3 rings (SSSR count). The van der Waals surface area contributed by atoms with Crippen LogP contribution in [0.3, 0.4) is 0 Å². The number of likely N-dealkylation sites (N-methyl/N-ethyl adjacent to an activating group) is 1. The van der Waals surface area contributed by atoms with E-state index >= 15 is 0 Å². The fraction of sp³-hybridized carbons (Fsp3) is 0.235. The predicted octanol–water partition coefficient (Wildman–Crippen LogP) is 1.56. The van der Waals surface area contributed by atoms with Crippen molar-refractivity contribution in [2.24, 2.45) is 0 Å². The highest BCUT2D eigenvalue weighted by Gasteiger charge is 2.21. The third kappa shape index (κ3) is 3.73. The predicted molar refractivity (Wildman–Crippen MR) is 97.2 cm³/mol. The van der Waals surface area contributed by atoms with E-state index in [0.29, 0.717) is 16.8 Å². The lowest BCUT2D eigenvalue weighted by Gasteiger charge is -2.17. The van der Waals surface area contributed by atoms with Gasteiger partial charge in [0.25, 0.3) is 0 Å². The maximum Gasteiger partial charge on any atom is 0.323 e. The molecule has 0 saturated heterocycles. The second-order valence-electron chi connectivity index (χ2n) is 5.64. The van der Waals surface area contributed by atoms with Crippen LogP contribution in [-0.4, -0.2) is 50.0 Å². The Morgan fingerprint density at radius 3 is 2.35 bits per heavy atom. The molecular formula is C17H19N3O5S. The van der Waals surface area contributed by atoms with Gasteiger partial charge in [-0.2, -0.15) is 4.31 Å². The molecule has 26 heavy (non-hydrogen) atoms. The molecule has 0 aliphatic heterocycles. The summed E-state index contributed by atoms with van der Waals surface area (Å²) in [6.07, 6.45) is 0. The van der Waals surface area contributed by atoms with Crippen LogP contribution in [-0.2, 0) is 10.0 Å². The van der Waals surface area contributed by atoms with Crippen molar-refractivity contribution in [2.45, 2.75) is 4.90 Å². The largest absolute Gasteiger partial charge is 0.497 e. The van der Waals surface area contributed by atoms with E-state index < -0.39 is 10.0 Å². The monoisotopic (exact) mass is 377 g/mol. The summed E-state index contributed by atoms with van der Waals surface area (Å²) in [6.45, 7) is 0.376. The second-order valence-corrected chi connectivity index (χ2v) is 7.68. The van der Waals surface area contributed by atoms with Crippen LogP contribution >= 0.6 is 0 Å². The van der Waals surface area contributed by atoms with E-state index in [4.69, 9.17) is 9.47 Å². The van der Waals surface area contributed by atoms with Gasteiger partial charge in [-0.1, -0.05) is 0 Å². The van der Waals surface area contributed by atoms with Crippen molar-refractivity contribution in [3.05, 3.63) is 52.9 Å². The quantitative estimate of drug-likeness (QED) is 0.650. The fourth-order valence-electron chi connectivity index (χ4n) is 2.44. The number of sulfonamides is 1. The van der Waals surface area contributed by atoms with E-state index in [0.717, 1.165) is 5.75 Å². The summed E-state index contributed by atoms with van der Waals surface area (Å²) in [5, 5.41) is 0. The molecule has 1 heterocycles. The molecule has 0 saturated carbocycles. The molecule has 9 heteroatoms. The lowest BCUT2D eigenvalue weighted by molar-refractivity contribution is 0.286. The molecule has 2 N–H and O–H groups in total. The van der Waals surface area contributed by atoms with Crippen molar-refractivity contribution < 1.29 is 17.9 Å². The number of aromatic nitrogens is 2. The summed E-state index contributed by atoms with van der Waals surface area (Å²) < 4.78 is 37.2. The lowest BCUT2D eigenvalue weighted by Crippen LogP contribution is -2.31. The number of rotatable bonds is 7. The van der Waals surface area contributed by atoms with Crippen molar-refractivity contribution in [2.75, 3.05) is 27.3 Å². The molecule has 8 nitrogen and oxygen atoms in total. The van der Waals surface area contributed by atoms with Gasteiger partial charge in [-0.25, -0.2) is 13.2 Å². The standard InChI is InChI=1S/C17H19N3O5S/c1-20(9-10-25-13-5-3-12(24-2)4-6-13)26(22,23)14-7-8-15-16(11-14)19-17(21)18-15/h3-8,11H,9-10H2,1-2H3,(H2,18,19,21). The summed E-state index contributed by atoms with van der Waals surface area (Å²) in [7, 11) is -0.626. The average molecular weight is 377 g/mol. The molecule has 0 bridgehead atoms. The number of nitrogens with one attached hydrogen (secondary N) is 2. The summed E-state index contributed by atoms with van der Waals surface area (Å²) in [5.74, 6) is 1.35. The Morgan fingerprint density at radius 1 is 1.00 bits per heavy atom. The zero-order chi connectivity index (χ0) is 18.7. The van der Waals surface area contributed by atoms with Gasteiger partial charge in [-0.05, 0) is 42.5 Å². The van der Waals surface area contributed by atoms with Crippen LogP contribution in [0.15, 0.2) is 52.2 Å². The molecular weight excluding hydrogens is 358 g/mol. The molecule has 1 aromatic heterocycles. The van der Waals surface area contributed by atoms with Gasteiger partial charge in [0, 0.05) is 13.6 Å². The van der Waals surface area contributed by atoms with Gasteiger partial charge in [0.2, 0.25) is 10.0 Å². The molecule has 2 aromatic carbocycles. The van der Waals surface area contributed by atoms with E-state index in [9.17, 15) is 13.2 Å². The van der Waals surface area contributed by atoms with E-state index in [1.54, 1.807) is 37.4 Å². The number of ether oxygens (including phenoxy) is 2. The first-order valence-electron chi connectivity index (χ1n) is 7.85. The molecule has 0 atom stereocenters. The summed E-state index contributed by atoms with van der Waals surface area (Å²) in [4.78, 5) is 16.5. The summed E-state index contributed by atoms with van der Waals surface area (Å²) in [6, 6.07) is 11.5. The van der Waals surface area contributed by atoms with E-state index in [1.807, 2.05) is 0 Å². The first-order chi connectivity index (χ1) is 12.4. The Hall–Kier alpha value is -2.78. The smallest absolute Gasteiger partial charge is 0.323 e. The SMILES string of the molecule is COc1ccc(OCCN(C)S(=O)(=O)c2ccc3[nH]c(=O)[nH]c3c2)cc1. The second kappa shape index (κ2) is 7.22. The molecule has 0 aliphatic rings. The third-order valence-electron chi connectivity index (χ3n) is 3.93. The Kier molecular flexibility index (Phi) is 5.01.